The number of nitrogens with zero attached hydrogens (tertiary/aromatic N) is 3. The van der Waals surface area contributed by atoms with Crippen molar-refractivity contribution in [3.8, 4) is 5.69 Å². The molecule has 4 N–H and O–H groups in total. The molecule has 0 saturated heterocycles. The van der Waals surface area contributed by atoms with Crippen LogP contribution in [0.1, 0.15) is 21.5 Å². The molecule has 0 atom stereocenters. The molecule has 7 heteroatoms. The Morgan fingerprint density at radius 3 is 2.38 bits per heavy atom. The van der Waals surface area contributed by atoms with E-state index in [1.165, 1.54) is 0 Å². The van der Waals surface area contributed by atoms with Crippen LogP contribution >= 0.6 is 11.6 Å². The molecule has 0 aliphatic rings. The summed E-state index contributed by atoms with van der Waals surface area (Å²) in [7, 11) is 0. The molecule has 0 unspecified atom stereocenters. The molecule has 0 fully saturated rings. The molecule has 130 valence electrons. The number of hydrogen-bond donors (Lipinski definition) is 2. The van der Waals surface area contributed by atoms with Crippen LogP contribution in [-0.2, 0) is 0 Å². The van der Waals surface area contributed by atoms with Gasteiger partial charge in [-0.15, -0.1) is 0 Å². The van der Waals surface area contributed by atoms with E-state index < -0.39 is 5.91 Å². The van der Waals surface area contributed by atoms with E-state index in [2.05, 4.69) is 4.98 Å². The highest BCUT2D eigenvalue weighted by atomic mass is 35.5. The van der Waals surface area contributed by atoms with Crippen molar-refractivity contribution >= 4 is 45.5 Å². The number of rotatable bonds is 2. The van der Waals surface area contributed by atoms with Crippen molar-refractivity contribution < 1.29 is 4.79 Å². The number of nitrogen functional groups attached to an aromatic ring is 1. The van der Waals surface area contributed by atoms with Gasteiger partial charge in [0.1, 0.15) is 16.9 Å². The number of aromatic nitrogens is 3. The first-order valence-corrected chi connectivity index (χ1v) is 8.40. The van der Waals surface area contributed by atoms with Gasteiger partial charge in [0, 0.05) is 5.02 Å². The monoisotopic (exact) mass is 365 g/mol. The highest BCUT2D eigenvalue weighted by Crippen LogP contribution is 2.35. The quantitative estimate of drug-likeness (QED) is 0.567. The normalized spacial score (nSPS) is 11.3. The molecule has 26 heavy (non-hydrogen) atoms. The number of halogens is 1. The van der Waals surface area contributed by atoms with Crippen LogP contribution < -0.4 is 11.5 Å². The number of primary amides is 1. The molecule has 2 aromatic carbocycles. The van der Waals surface area contributed by atoms with Crippen LogP contribution in [0.5, 0.6) is 0 Å². The molecular weight excluding hydrogens is 350 g/mol. The van der Waals surface area contributed by atoms with Crippen molar-refractivity contribution in [2.24, 2.45) is 5.73 Å². The minimum absolute atomic E-state index is 0.164. The summed E-state index contributed by atoms with van der Waals surface area (Å²) in [5.41, 5.74) is 16.9. The first kappa shape index (κ1) is 16.4. The van der Waals surface area contributed by atoms with E-state index in [-0.39, 0.29) is 11.4 Å². The number of carbonyl (C=O) groups excluding carboxylic acids is 1. The van der Waals surface area contributed by atoms with Gasteiger partial charge in [0.2, 0.25) is 0 Å². The zero-order valence-electron chi connectivity index (χ0n) is 14.2. The van der Waals surface area contributed by atoms with Gasteiger partial charge < -0.3 is 11.5 Å². The summed E-state index contributed by atoms with van der Waals surface area (Å²) in [5.74, 6) is -0.440. The topological polar surface area (TPSA) is 99.8 Å². The lowest BCUT2D eigenvalue weighted by Crippen LogP contribution is -2.14. The van der Waals surface area contributed by atoms with Gasteiger partial charge in [0.25, 0.3) is 5.91 Å². The number of fused-ring (bicyclic) bond motifs is 2. The maximum atomic E-state index is 12.1. The Hall–Kier alpha value is -3.12. The van der Waals surface area contributed by atoms with E-state index in [0.29, 0.717) is 27.2 Å². The number of amides is 1. The van der Waals surface area contributed by atoms with Crippen LogP contribution in [0.3, 0.4) is 0 Å². The molecule has 0 spiro atoms. The second kappa shape index (κ2) is 5.71. The maximum Gasteiger partial charge on any atom is 0.254 e. The van der Waals surface area contributed by atoms with Gasteiger partial charge in [0.15, 0.2) is 5.65 Å². The van der Waals surface area contributed by atoms with E-state index in [1.807, 2.05) is 50.2 Å². The van der Waals surface area contributed by atoms with Crippen LogP contribution in [0.4, 0.5) is 5.82 Å². The van der Waals surface area contributed by atoms with Crippen LogP contribution in [0.2, 0.25) is 5.02 Å². The van der Waals surface area contributed by atoms with Crippen molar-refractivity contribution in [1.82, 2.24) is 14.5 Å². The van der Waals surface area contributed by atoms with Gasteiger partial charge in [-0.25, -0.2) is 9.97 Å². The number of para-hydroxylation sites is 2. The predicted octanol–water partition coefficient (Wildman–Crippen LogP) is 3.53. The number of hydrogen-bond acceptors (Lipinski definition) is 4. The zero-order valence-corrected chi connectivity index (χ0v) is 15.0. The summed E-state index contributed by atoms with van der Waals surface area (Å²) in [5, 5.41) is 0.598. The average Bonchev–Trinajstić information content (AvgIpc) is 2.88. The fourth-order valence-electron chi connectivity index (χ4n) is 3.29. The van der Waals surface area contributed by atoms with E-state index in [4.69, 9.17) is 28.1 Å². The van der Waals surface area contributed by atoms with E-state index in [0.717, 1.165) is 16.8 Å². The van der Waals surface area contributed by atoms with Gasteiger partial charge in [0.05, 0.1) is 16.7 Å². The van der Waals surface area contributed by atoms with E-state index in [1.54, 1.807) is 4.57 Å². The first-order valence-electron chi connectivity index (χ1n) is 8.02. The van der Waals surface area contributed by atoms with Gasteiger partial charge in [-0.1, -0.05) is 29.8 Å². The summed E-state index contributed by atoms with van der Waals surface area (Å²) in [6.07, 6.45) is 0. The van der Waals surface area contributed by atoms with Crippen molar-refractivity contribution in [3.63, 3.8) is 0 Å². The number of carbonyl (C=O) groups is 1. The van der Waals surface area contributed by atoms with Crippen LogP contribution in [0.25, 0.3) is 27.9 Å². The first-order chi connectivity index (χ1) is 12.4. The summed E-state index contributed by atoms with van der Waals surface area (Å²) < 4.78 is 1.71. The third kappa shape index (κ3) is 2.23. The lowest BCUT2D eigenvalue weighted by molar-refractivity contribution is 0.100. The van der Waals surface area contributed by atoms with Crippen LogP contribution in [-0.4, -0.2) is 20.4 Å². The lowest BCUT2D eigenvalue weighted by atomic mass is 10.1. The Morgan fingerprint density at radius 2 is 1.73 bits per heavy atom. The van der Waals surface area contributed by atoms with Gasteiger partial charge in [-0.3, -0.25) is 9.36 Å². The third-order valence-corrected chi connectivity index (χ3v) is 4.94. The van der Waals surface area contributed by atoms with Gasteiger partial charge in [-0.05, 0) is 43.2 Å². The van der Waals surface area contributed by atoms with Crippen molar-refractivity contribution in [2.75, 3.05) is 5.73 Å². The van der Waals surface area contributed by atoms with Crippen molar-refractivity contribution in [3.05, 3.63) is 58.1 Å². The Bertz CT molecular complexity index is 1210. The van der Waals surface area contributed by atoms with Crippen LogP contribution in [0.15, 0.2) is 36.4 Å². The molecule has 2 aromatic heterocycles. The SMILES string of the molecule is Cc1ccc(Cl)c(C)c1-n1c(N)c(C(N)=O)c2nc3ccccc3nc21. The van der Waals surface area contributed by atoms with E-state index in [9.17, 15) is 4.79 Å². The standard InChI is InChI=1S/C19H16ClN5O/c1-9-7-8-11(20)10(2)16(9)25-17(21)14(18(22)26)15-19(25)24-13-6-4-3-5-12(13)23-15/h3-8H,21H2,1-2H3,(H2,22,26). The molecule has 2 heterocycles. The summed E-state index contributed by atoms with van der Waals surface area (Å²) in [6.45, 7) is 3.84. The molecule has 4 aromatic rings. The van der Waals surface area contributed by atoms with Gasteiger partial charge >= 0.3 is 0 Å². The largest absolute Gasteiger partial charge is 0.384 e. The summed E-state index contributed by atoms with van der Waals surface area (Å²) >= 11 is 6.32. The molecular formula is C19H16ClN5O. The van der Waals surface area contributed by atoms with Crippen LogP contribution in [0, 0.1) is 13.8 Å². The van der Waals surface area contributed by atoms with Crippen molar-refractivity contribution in [2.45, 2.75) is 13.8 Å². The average molecular weight is 366 g/mol. The smallest absolute Gasteiger partial charge is 0.254 e. The number of nitrogens with two attached hydrogens (primary N) is 2. The molecule has 0 bridgehead atoms. The third-order valence-electron chi connectivity index (χ3n) is 4.53. The highest BCUT2D eigenvalue weighted by Gasteiger charge is 2.25. The fourth-order valence-corrected chi connectivity index (χ4v) is 3.44. The maximum absolute atomic E-state index is 12.1. The minimum Gasteiger partial charge on any atom is -0.384 e. The Labute approximate surface area is 154 Å². The minimum atomic E-state index is -0.645. The molecule has 0 aliphatic carbocycles. The second-order valence-electron chi connectivity index (χ2n) is 6.18. The molecule has 0 radical (unpaired) electrons. The fraction of sp³-hybridized carbons (Fsp3) is 0.105. The molecule has 0 saturated carbocycles. The predicted molar refractivity (Wildman–Crippen MR) is 104 cm³/mol. The summed E-state index contributed by atoms with van der Waals surface area (Å²) in [6, 6.07) is 11.2. The Kier molecular flexibility index (Phi) is 3.59. The summed E-state index contributed by atoms with van der Waals surface area (Å²) in [4.78, 5) is 21.4. The van der Waals surface area contributed by atoms with Crippen molar-refractivity contribution in [1.29, 1.82) is 0 Å². The molecule has 6 nitrogen and oxygen atoms in total. The molecule has 1 amide bonds. The van der Waals surface area contributed by atoms with Gasteiger partial charge in [-0.2, -0.15) is 0 Å². The lowest BCUT2D eigenvalue weighted by Gasteiger charge is -2.15. The number of aryl methyl sites for hydroxylation is 1. The zero-order chi connectivity index (χ0) is 18.6. The number of benzene rings is 2. The molecule has 4 rings (SSSR count). The Balaban J connectivity index is 2.23. The Morgan fingerprint density at radius 1 is 1.08 bits per heavy atom. The van der Waals surface area contributed by atoms with E-state index >= 15 is 0 Å². The molecule has 0 aliphatic heterocycles. The number of anilines is 1. The second-order valence-corrected chi connectivity index (χ2v) is 6.59. The highest BCUT2D eigenvalue weighted by molar-refractivity contribution is 6.31.